The van der Waals surface area contributed by atoms with Crippen molar-refractivity contribution in [3.05, 3.63) is 61.2 Å². The lowest BCUT2D eigenvalue weighted by Gasteiger charge is -2.42. The minimum absolute atomic E-state index is 0.100. The number of aliphatic hydroxyl groups is 1. The van der Waals surface area contributed by atoms with Gasteiger partial charge < -0.3 is 29.3 Å². The number of ether oxygens (including phenoxy) is 2. The molecule has 3 heterocycles. The predicted molar refractivity (Wildman–Crippen MR) is 192 cm³/mol. The van der Waals surface area contributed by atoms with Crippen LogP contribution in [0.4, 0.5) is 0 Å². The van der Waals surface area contributed by atoms with E-state index in [0.29, 0.717) is 38.8 Å². The largest absolute Gasteiger partial charge is 0.455 e. The summed E-state index contributed by atoms with van der Waals surface area (Å²) in [7, 11) is 1.70. The van der Waals surface area contributed by atoms with Gasteiger partial charge in [0.05, 0.1) is 24.0 Å². The maximum Gasteiger partial charge on any atom is 0.313 e. The molecule has 270 valence electrons. The van der Waals surface area contributed by atoms with E-state index < -0.39 is 53.2 Å². The third-order valence-electron chi connectivity index (χ3n) is 10.4. The molecule has 49 heavy (non-hydrogen) atoms. The molecule has 3 aliphatic rings. The number of likely N-dealkylation sites (N-methyl/N-ethyl adjacent to an activating group) is 1. The molecular formula is C38H54BrN3O7. The molecule has 3 saturated heterocycles. The fourth-order valence-electron chi connectivity index (χ4n) is 7.76. The van der Waals surface area contributed by atoms with Crippen molar-refractivity contribution in [2.24, 2.45) is 11.8 Å². The Morgan fingerprint density at radius 1 is 1.14 bits per heavy atom. The molecule has 0 saturated carbocycles. The molecule has 3 fully saturated rings. The summed E-state index contributed by atoms with van der Waals surface area (Å²) in [6.45, 7) is 16.0. The van der Waals surface area contributed by atoms with Crippen molar-refractivity contribution in [2.45, 2.75) is 113 Å². The van der Waals surface area contributed by atoms with Gasteiger partial charge in [0.15, 0.2) is 0 Å². The summed E-state index contributed by atoms with van der Waals surface area (Å²) in [5.74, 6) is -3.06. The van der Waals surface area contributed by atoms with Crippen LogP contribution in [0, 0.1) is 11.8 Å². The summed E-state index contributed by atoms with van der Waals surface area (Å²) < 4.78 is 13.1. The van der Waals surface area contributed by atoms with Gasteiger partial charge in [-0.05, 0) is 58.9 Å². The Kier molecular flexibility index (Phi) is 12.9. The number of rotatable bonds is 17. The van der Waals surface area contributed by atoms with Gasteiger partial charge in [0.1, 0.15) is 17.7 Å². The number of aliphatic hydroxyl groups excluding tert-OH is 1. The Bertz CT molecular complexity index is 1370. The number of hydrogen-bond donors (Lipinski definition) is 1. The minimum atomic E-state index is -1.22. The van der Waals surface area contributed by atoms with Crippen molar-refractivity contribution in [1.29, 1.82) is 0 Å². The van der Waals surface area contributed by atoms with Crippen molar-refractivity contribution in [3.8, 4) is 0 Å². The van der Waals surface area contributed by atoms with Crippen LogP contribution in [0.15, 0.2) is 55.6 Å². The number of likely N-dealkylation sites (tertiary alicyclic amines) is 1. The number of nitrogens with zero attached hydrogens (tertiary/aromatic N) is 3. The van der Waals surface area contributed by atoms with Gasteiger partial charge in [0.25, 0.3) is 0 Å². The number of carbonyl (C=O) groups is 4. The van der Waals surface area contributed by atoms with E-state index in [9.17, 15) is 24.3 Å². The number of amides is 3. The first kappa shape index (κ1) is 38.8. The van der Waals surface area contributed by atoms with E-state index >= 15 is 0 Å². The lowest BCUT2D eigenvalue weighted by atomic mass is 9.70. The minimum Gasteiger partial charge on any atom is -0.455 e. The van der Waals surface area contributed by atoms with Crippen molar-refractivity contribution in [1.82, 2.24) is 14.7 Å². The lowest BCUT2D eigenvalue weighted by Crippen LogP contribution is -2.60. The maximum absolute atomic E-state index is 14.6. The van der Waals surface area contributed by atoms with E-state index in [0.717, 1.165) is 18.4 Å². The van der Waals surface area contributed by atoms with Gasteiger partial charge in [0, 0.05) is 43.5 Å². The van der Waals surface area contributed by atoms with Crippen molar-refractivity contribution < 1.29 is 33.8 Å². The van der Waals surface area contributed by atoms with Crippen LogP contribution in [0.3, 0.4) is 0 Å². The molecule has 4 rings (SSSR count). The Hall–Kier alpha value is -3.02. The first-order valence-electron chi connectivity index (χ1n) is 17.5. The van der Waals surface area contributed by atoms with Gasteiger partial charge in [-0.2, -0.15) is 0 Å². The van der Waals surface area contributed by atoms with Crippen molar-refractivity contribution >= 4 is 39.6 Å². The second kappa shape index (κ2) is 16.3. The van der Waals surface area contributed by atoms with E-state index in [1.165, 1.54) is 0 Å². The number of carbonyl (C=O) groups excluding carboxylic acids is 4. The molecule has 1 aromatic rings. The fourth-order valence-corrected chi connectivity index (χ4v) is 8.70. The monoisotopic (exact) mass is 743 g/mol. The molecule has 1 unspecified atom stereocenters. The highest BCUT2D eigenvalue weighted by molar-refractivity contribution is 9.09. The molecule has 11 heteroatoms. The third-order valence-corrected chi connectivity index (χ3v) is 11.2. The Morgan fingerprint density at radius 3 is 2.43 bits per heavy atom. The SMILES string of the molecule is C=CCCC(=O)N(C)[C@@H](C)[C@@H](OC(=O)[C@H]1[C@@H]2O[C@@]3(CC2Br)[C@@H]1C(=O)N(CCCCCCO)[C@@H]3C(=O)N(CC=C)C(C)(C)C)c1ccccc1. The molecule has 10 nitrogen and oxygen atoms in total. The first-order chi connectivity index (χ1) is 23.2. The van der Waals surface area contributed by atoms with Crippen LogP contribution in [0.1, 0.15) is 84.3 Å². The summed E-state index contributed by atoms with van der Waals surface area (Å²) in [5, 5.41) is 9.26. The van der Waals surface area contributed by atoms with Crippen molar-refractivity contribution in [3.63, 3.8) is 0 Å². The summed E-state index contributed by atoms with van der Waals surface area (Å²) in [6.07, 6.45) is 5.99. The van der Waals surface area contributed by atoms with Crippen LogP contribution < -0.4 is 0 Å². The normalized spacial score (nSPS) is 27.0. The molecule has 3 amide bonds. The van der Waals surface area contributed by atoms with Gasteiger partial charge in [0.2, 0.25) is 17.7 Å². The molecule has 0 aromatic heterocycles. The Morgan fingerprint density at radius 2 is 1.82 bits per heavy atom. The van der Waals surface area contributed by atoms with Crippen LogP contribution in [0.2, 0.25) is 0 Å². The standard InChI is InChI=1S/C38H54BrN3O7/c1-8-10-20-28(44)40(7)25(3)31(26-18-14-13-15-19-26)48-36(47)29-30-34(45)41(22-16-11-12-17-23-43)33(38(30)24-27(39)32(29)49-38)35(46)42(21-9-2)37(4,5)6/h8-9,13-15,18-19,25,27,29-33,43H,1-2,10-12,16-17,20-24H2,3-7H3/t25-,27?,29+,30-,31+,32+,33+,38-/m0/s1. The van der Waals surface area contributed by atoms with Crippen LogP contribution in [0.25, 0.3) is 0 Å². The van der Waals surface area contributed by atoms with Crippen molar-refractivity contribution in [2.75, 3.05) is 26.7 Å². The van der Waals surface area contributed by atoms with Crippen LogP contribution in [-0.2, 0) is 28.7 Å². The fraction of sp³-hybridized carbons (Fsp3) is 0.632. The maximum atomic E-state index is 14.6. The zero-order valence-electron chi connectivity index (χ0n) is 29.7. The molecule has 1 aromatic carbocycles. The van der Waals surface area contributed by atoms with Crippen LogP contribution in [0.5, 0.6) is 0 Å². The Labute approximate surface area is 300 Å². The molecule has 8 atom stereocenters. The van der Waals surface area contributed by atoms with E-state index in [1.54, 1.807) is 33.9 Å². The van der Waals surface area contributed by atoms with E-state index in [4.69, 9.17) is 9.47 Å². The Balaban J connectivity index is 1.71. The molecule has 3 aliphatic heterocycles. The third kappa shape index (κ3) is 7.84. The summed E-state index contributed by atoms with van der Waals surface area (Å²) in [5.41, 5.74) is -1.06. The highest BCUT2D eigenvalue weighted by atomic mass is 79.9. The molecule has 0 radical (unpaired) electrons. The summed E-state index contributed by atoms with van der Waals surface area (Å²) >= 11 is 3.76. The van der Waals surface area contributed by atoms with E-state index in [1.807, 2.05) is 58.0 Å². The van der Waals surface area contributed by atoms with Gasteiger partial charge in [-0.15, -0.1) is 13.2 Å². The number of esters is 1. The number of halogens is 1. The first-order valence-corrected chi connectivity index (χ1v) is 18.4. The number of hydrogen-bond acceptors (Lipinski definition) is 7. The second-order valence-electron chi connectivity index (χ2n) is 14.6. The van der Waals surface area contributed by atoms with E-state index in [2.05, 4.69) is 29.1 Å². The van der Waals surface area contributed by atoms with Crippen LogP contribution >= 0.6 is 15.9 Å². The topological polar surface area (TPSA) is 117 Å². The molecular weight excluding hydrogens is 690 g/mol. The lowest BCUT2D eigenvalue weighted by molar-refractivity contribution is -0.164. The van der Waals surface area contributed by atoms with Gasteiger partial charge in [-0.1, -0.05) is 71.3 Å². The number of allylic oxidation sites excluding steroid dienone is 1. The number of unbranched alkanes of at least 4 members (excludes halogenated alkanes) is 3. The molecule has 0 aliphatic carbocycles. The smallest absolute Gasteiger partial charge is 0.313 e. The summed E-state index contributed by atoms with van der Waals surface area (Å²) in [4.78, 5) is 61.4. The zero-order valence-corrected chi connectivity index (χ0v) is 31.3. The summed E-state index contributed by atoms with van der Waals surface area (Å²) in [6, 6.07) is 7.85. The number of fused-ring (bicyclic) bond motifs is 1. The van der Waals surface area contributed by atoms with Crippen LogP contribution in [-0.4, -0.2) is 104 Å². The van der Waals surface area contributed by atoms with Gasteiger partial charge in [-0.25, -0.2) is 0 Å². The molecule has 2 bridgehead atoms. The van der Waals surface area contributed by atoms with Gasteiger partial charge >= 0.3 is 5.97 Å². The number of alkyl halides is 1. The average Bonchev–Trinajstić information content (AvgIpc) is 3.66. The average molecular weight is 745 g/mol. The predicted octanol–water partition coefficient (Wildman–Crippen LogP) is 5.20. The van der Waals surface area contributed by atoms with E-state index in [-0.39, 0.29) is 35.6 Å². The quantitative estimate of drug-likeness (QED) is 0.101. The molecule has 1 N–H and O–H groups in total. The zero-order chi connectivity index (χ0) is 36.1. The second-order valence-corrected chi connectivity index (χ2v) is 15.8. The number of benzene rings is 1. The highest BCUT2D eigenvalue weighted by Crippen LogP contribution is 2.60. The molecule has 1 spiro atoms. The highest BCUT2D eigenvalue weighted by Gasteiger charge is 2.77. The van der Waals surface area contributed by atoms with Gasteiger partial charge in [-0.3, -0.25) is 19.2 Å².